The van der Waals surface area contributed by atoms with Crippen molar-refractivity contribution in [1.82, 2.24) is 0 Å². The topological polar surface area (TPSA) is 52.3 Å². The first-order valence-corrected chi connectivity index (χ1v) is 6.25. The van der Waals surface area contributed by atoms with E-state index in [0.717, 1.165) is 17.2 Å². The summed E-state index contributed by atoms with van der Waals surface area (Å²) in [4.78, 5) is 11.8. The normalized spacial score (nSPS) is 10.3. The molecule has 0 aliphatic rings. The summed E-state index contributed by atoms with van der Waals surface area (Å²) >= 11 is 0. The van der Waals surface area contributed by atoms with Crippen molar-refractivity contribution in [3.8, 4) is 0 Å². The van der Waals surface area contributed by atoms with E-state index in [2.05, 4.69) is 0 Å². The number of halogens is 1. The highest BCUT2D eigenvalue weighted by atomic mass is 19.1. The standard InChI is InChI=1S/C16H16FNO2/c1-10-3-4-12(7-11(10)2)9-20-16(19)13-5-6-15(18)14(17)8-13/h3-8H,9,18H2,1-2H3. The maximum atomic E-state index is 13.3. The fourth-order valence-electron chi connectivity index (χ4n) is 1.78. The Balaban J connectivity index is 2.04. The largest absolute Gasteiger partial charge is 0.457 e. The molecule has 0 aromatic heterocycles. The van der Waals surface area contributed by atoms with Crippen LogP contribution in [0.3, 0.4) is 0 Å². The molecular formula is C16H16FNO2. The smallest absolute Gasteiger partial charge is 0.338 e. The molecule has 0 spiro atoms. The summed E-state index contributed by atoms with van der Waals surface area (Å²) < 4.78 is 18.4. The molecule has 4 heteroatoms. The number of ether oxygens (including phenoxy) is 1. The number of carbonyl (C=O) groups is 1. The van der Waals surface area contributed by atoms with Crippen molar-refractivity contribution in [3.05, 3.63) is 64.5 Å². The summed E-state index contributed by atoms with van der Waals surface area (Å²) in [6, 6.07) is 9.72. The first-order valence-electron chi connectivity index (χ1n) is 6.25. The number of rotatable bonds is 3. The molecule has 3 nitrogen and oxygen atoms in total. The molecule has 20 heavy (non-hydrogen) atoms. The van der Waals surface area contributed by atoms with E-state index in [0.29, 0.717) is 0 Å². The molecule has 104 valence electrons. The summed E-state index contributed by atoms with van der Waals surface area (Å²) in [5, 5.41) is 0. The second-order valence-electron chi connectivity index (χ2n) is 4.73. The Bertz CT molecular complexity index is 653. The highest BCUT2D eigenvalue weighted by Crippen LogP contribution is 2.15. The molecule has 0 unspecified atom stereocenters. The number of benzene rings is 2. The van der Waals surface area contributed by atoms with Gasteiger partial charge in [-0.1, -0.05) is 18.2 Å². The number of hydrogen-bond acceptors (Lipinski definition) is 3. The van der Waals surface area contributed by atoms with Gasteiger partial charge in [-0.15, -0.1) is 0 Å². The molecule has 0 heterocycles. The third-order valence-electron chi connectivity index (χ3n) is 3.18. The summed E-state index contributed by atoms with van der Waals surface area (Å²) in [7, 11) is 0. The van der Waals surface area contributed by atoms with Gasteiger partial charge in [-0.2, -0.15) is 0 Å². The number of nitrogens with two attached hydrogens (primary N) is 1. The molecule has 2 rings (SSSR count). The molecule has 0 amide bonds. The van der Waals surface area contributed by atoms with E-state index in [1.54, 1.807) is 0 Å². The molecule has 0 bridgehead atoms. The van der Waals surface area contributed by atoms with Crippen molar-refractivity contribution in [3.63, 3.8) is 0 Å². The van der Waals surface area contributed by atoms with Gasteiger partial charge in [0.05, 0.1) is 11.3 Å². The molecule has 0 aliphatic heterocycles. The average Bonchev–Trinajstić information content (AvgIpc) is 2.43. The lowest BCUT2D eigenvalue weighted by Crippen LogP contribution is -2.06. The van der Waals surface area contributed by atoms with Crippen LogP contribution in [0.2, 0.25) is 0 Å². The third kappa shape index (κ3) is 3.15. The zero-order valence-corrected chi connectivity index (χ0v) is 11.4. The average molecular weight is 273 g/mol. The van der Waals surface area contributed by atoms with Crippen LogP contribution < -0.4 is 5.73 Å². The minimum Gasteiger partial charge on any atom is -0.457 e. The van der Waals surface area contributed by atoms with Gasteiger partial charge in [0, 0.05) is 0 Å². The molecule has 0 fully saturated rings. The van der Waals surface area contributed by atoms with E-state index < -0.39 is 11.8 Å². The van der Waals surface area contributed by atoms with Crippen LogP contribution in [0.25, 0.3) is 0 Å². The van der Waals surface area contributed by atoms with Crippen LogP contribution >= 0.6 is 0 Å². The predicted molar refractivity (Wildman–Crippen MR) is 75.8 cm³/mol. The second kappa shape index (κ2) is 5.74. The number of esters is 1. The zero-order valence-electron chi connectivity index (χ0n) is 11.4. The molecule has 0 aliphatic carbocycles. The maximum absolute atomic E-state index is 13.3. The predicted octanol–water partition coefficient (Wildman–Crippen LogP) is 3.38. The van der Waals surface area contributed by atoms with Gasteiger partial charge in [-0.25, -0.2) is 9.18 Å². The van der Waals surface area contributed by atoms with E-state index in [1.807, 2.05) is 32.0 Å². The highest BCUT2D eigenvalue weighted by Gasteiger charge is 2.10. The van der Waals surface area contributed by atoms with Gasteiger partial charge in [0.2, 0.25) is 0 Å². The van der Waals surface area contributed by atoms with E-state index in [9.17, 15) is 9.18 Å². The molecule has 2 aromatic rings. The van der Waals surface area contributed by atoms with Crippen LogP contribution in [0.5, 0.6) is 0 Å². The molecule has 0 atom stereocenters. The van der Waals surface area contributed by atoms with E-state index in [4.69, 9.17) is 10.5 Å². The Morgan fingerprint density at radius 1 is 1.15 bits per heavy atom. The van der Waals surface area contributed by atoms with Crippen molar-refractivity contribution in [1.29, 1.82) is 0 Å². The van der Waals surface area contributed by atoms with Crippen LogP contribution in [0.15, 0.2) is 36.4 Å². The number of aryl methyl sites for hydroxylation is 2. The lowest BCUT2D eigenvalue weighted by atomic mass is 10.1. The van der Waals surface area contributed by atoms with Gasteiger partial charge in [0.25, 0.3) is 0 Å². The minimum absolute atomic E-state index is 0.00992. The van der Waals surface area contributed by atoms with Gasteiger partial charge in [-0.3, -0.25) is 0 Å². The number of nitrogen functional groups attached to an aromatic ring is 1. The van der Waals surface area contributed by atoms with Gasteiger partial charge in [0.1, 0.15) is 12.4 Å². The zero-order chi connectivity index (χ0) is 14.7. The second-order valence-corrected chi connectivity index (χ2v) is 4.73. The highest BCUT2D eigenvalue weighted by molar-refractivity contribution is 5.89. The van der Waals surface area contributed by atoms with Crippen LogP contribution in [-0.4, -0.2) is 5.97 Å². The monoisotopic (exact) mass is 273 g/mol. The Morgan fingerprint density at radius 2 is 1.90 bits per heavy atom. The minimum atomic E-state index is -0.620. The van der Waals surface area contributed by atoms with Gasteiger partial charge >= 0.3 is 5.97 Å². The van der Waals surface area contributed by atoms with Crippen molar-refractivity contribution >= 4 is 11.7 Å². The van der Waals surface area contributed by atoms with Gasteiger partial charge < -0.3 is 10.5 Å². The van der Waals surface area contributed by atoms with Crippen LogP contribution in [-0.2, 0) is 11.3 Å². The van der Waals surface area contributed by atoms with Crippen molar-refractivity contribution in [2.75, 3.05) is 5.73 Å². The summed E-state index contributed by atoms with van der Waals surface area (Å²) in [5.41, 5.74) is 8.74. The fraction of sp³-hybridized carbons (Fsp3) is 0.188. The SMILES string of the molecule is Cc1ccc(COC(=O)c2ccc(N)c(F)c2)cc1C. The molecule has 0 saturated carbocycles. The number of anilines is 1. The molecule has 0 saturated heterocycles. The maximum Gasteiger partial charge on any atom is 0.338 e. The molecule has 0 radical (unpaired) electrons. The van der Waals surface area contributed by atoms with E-state index in [-0.39, 0.29) is 17.9 Å². The summed E-state index contributed by atoms with van der Waals surface area (Å²) in [6.07, 6.45) is 0. The Morgan fingerprint density at radius 3 is 2.55 bits per heavy atom. The lowest BCUT2D eigenvalue weighted by Gasteiger charge is -2.07. The number of hydrogen-bond donors (Lipinski definition) is 1. The summed E-state index contributed by atoms with van der Waals surface area (Å²) in [6.45, 7) is 4.17. The Kier molecular flexibility index (Phi) is 4.03. The van der Waals surface area contributed by atoms with E-state index >= 15 is 0 Å². The summed E-state index contributed by atoms with van der Waals surface area (Å²) in [5.74, 6) is -1.19. The fourth-order valence-corrected chi connectivity index (χ4v) is 1.78. The quantitative estimate of drug-likeness (QED) is 0.689. The van der Waals surface area contributed by atoms with Crippen molar-refractivity contribution in [2.24, 2.45) is 0 Å². The molecule has 2 aromatic carbocycles. The first kappa shape index (κ1) is 14.1. The Hall–Kier alpha value is -2.36. The lowest BCUT2D eigenvalue weighted by molar-refractivity contribution is 0.0472. The van der Waals surface area contributed by atoms with Gasteiger partial charge in [-0.05, 0) is 48.7 Å². The van der Waals surface area contributed by atoms with Gasteiger partial charge in [0.15, 0.2) is 0 Å². The number of carbonyl (C=O) groups excluding carboxylic acids is 1. The van der Waals surface area contributed by atoms with Crippen molar-refractivity contribution < 1.29 is 13.9 Å². The first-order chi connectivity index (χ1) is 9.47. The van der Waals surface area contributed by atoms with E-state index in [1.165, 1.54) is 17.7 Å². The van der Waals surface area contributed by atoms with Crippen LogP contribution in [0.4, 0.5) is 10.1 Å². The molecule has 2 N–H and O–H groups in total. The third-order valence-corrected chi connectivity index (χ3v) is 3.18. The Labute approximate surface area is 117 Å². The van der Waals surface area contributed by atoms with Crippen molar-refractivity contribution in [2.45, 2.75) is 20.5 Å². The molecular weight excluding hydrogens is 257 g/mol. The van der Waals surface area contributed by atoms with Crippen LogP contribution in [0, 0.1) is 19.7 Å². The van der Waals surface area contributed by atoms with Crippen LogP contribution in [0.1, 0.15) is 27.0 Å².